The Morgan fingerprint density at radius 3 is 2.49 bits per heavy atom. The van der Waals surface area contributed by atoms with Gasteiger partial charge in [-0.1, -0.05) is 100 Å². The van der Waals surface area contributed by atoms with Crippen LogP contribution in [0.2, 0.25) is 10.0 Å². The number of aromatic nitrogens is 2. The van der Waals surface area contributed by atoms with Crippen LogP contribution in [0.5, 0.6) is 0 Å². The Hall–Kier alpha value is -4.48. The molecule has 0 fully saturated rings. The zero-order valence-electron chi connectivity index (χ0n) is 26.4. The van der Waals surface area contributed by atoms with Crippen molar-refractivity contribution in [3.05, 3.63) is 144 Å². The van der Waals surface area contributed by atoms with Crippen molar-refractivity contribution in [2.24, 2.45) is 0 Å². The van der Waals surface area contributed by atoms with Crippen molar-refractivity contribution in [2.75, 3.05) is 9.80 Å². The van der Waals surface area contributed by atoms with E-state index in [4.69, 9.17) is 27.6 Å². The molecule has 0 N–H and O–H groups in total. The molecular formula is C37H26Cl2N4O4S2. The number of hydrogen-bond acceptors (Lipinski definition) is 8. The van der Waals surface area contributed by atoms with Gasteiger partial charge in [-0.2, -0.15) is 0 Å². The van der Waals surface area contributed by atoms with Gasteiger partial charge in [-0.15, -0.1) is 10.2 Å². The Balaban J connectivity index is 1.32. The van der Waals surface area contributed by atoms with Gasteiger partial charge in [-0.05, 0) is 73.4 Å². The second-order valence-electron chi connectivity index (χ2n) is 12.2. The number of aryl methyl sites for hydroxylation is 3. The highest BCUT2D eigenvalue weighted by atomic mass is 35.5. The van der Waals surface area contributed by atoms with Gasteiger partial charge in [-0.25, -0.2) is 0 Å². The summed E-state index contributed by atoms with van der Waals surface area (Å²) in [6.07, 6.45) is 0. The second-order valence-corrected chi connectivity index (χ2v) is 15.2. The lowest BCUT2D eigenvalue weighted by atomic mass is 9.84. The highest BCUT2D eigenvalue weighted by Crippen LogP contribution is 2.55. The maximum Gasteiger partial charge on any atom is 0.297 e. The molecule has 2 amide bonds. The van der Waals surface area contributed by atoms with Crippen molar-refractivity contribution >= 4 is 79.9 Å². The van der Waals surface area contributed by atoms with Crippen LogP contribution in [0.15, 0.2) is 92.4 Å². The molecule has 1 unspecified atom stereocenters. The molecule has 6 aromatic rings. The summed E-state index contributed by atoms with van der Waals surface area (Å²) in [6.45, 7) is 6.04. The van der Waals surface area contributed by atoms with Crippen LogP contribution in [0.3, 0.4) is 0 Å². The number of carbonyl (C=O) groups excluding carboxylic acids is 2. The number of benzene rings is 4. The van der Waals surface area contributed by atoms with Gasteiger partial charge in [0.05, 0.1) is 23.2 Å². The quantitative estimate of drug-likeness (QED) is 0.125. The van der Waals surface area contributed by atoms with E-state index in [-0.39, 0.29) is 28.6 Å². The first-order valence-corrected chi connectivity index (χ1v) is 17.9. The molecule has 1 atom stereocenters. The molecule has 2 aliphatic heterocycles. The van der Waals surface area contributed by atoms with Gasteiger partial charge in [0.25, 0.3) is 11.8 Å². The summed E-state index contributed by atoms with van der Waals surface area (Å²) >= 11 is 15.0. The number of thioether (sulfide) groups is 1. The average molecular weight is 726 g/mol. The fourth-order valence-corrected chi connectivity index (χ4v) is 9.15. The van der Waals surface area contributed by atoms with Gasteiger partial charge in [0.1, 0.15) is 5.58 Å². The normalized spacial score (nSPS) is 16.7. The molecule has 8 nitrogen and oxygen atoms in total. The van der Waals surface area contributed by atoms with Gasteiger partial charge in [0, 0.05) is 21.4 Å². The van der Waals surface area contributed by atoms with E-state index in [1.165, 1.54) is 16.7 Å². The highest BCUT2D eigenvalue weighted by molar-refractivity contribution is 8.00. The number of halogens is 2. The first kappa shape index (κ1) is 31.8. The molecule has 4 aromatic carbocycles. The van der Waals surface area contributed by atoms with E-state index in [1.54, 1.807) is 41.3 Å². The molecule has 0 radical (unpaired) electrons. The summed E-state index contributed by atoms with van der Waals surface area (Å²) in [5.41, 5.74) is 3.64. The lowest BCUT2D eigenvalue weighted by Crippen LogP contribution is -2.53. The predicted molar refractivity (Wildman–Crippen MR) is 194 cm³/mol. The molecular weight excluding hydrogens is 699 g/mol. The Morgan fingerprint density at radius 2 is 1.69 bits per heavy atom. The summed E-state index contributed by atoms with van der Waals surface area (Å²) in [5, 5.41) is 10.4. The van der Waals surface area contributed by atoms with Crippen LogP contribution in [-0.2, 0) is 22.6 Å². The molecule has 12 heteroatoms. The first-order chi connectivity index (χ1) is 23.6. The molecule has 4 heterocycles. The van der Waals surface area contributed by atoms with Crippen LogP contribution in [0.1, 0.15) is 49.5 Å². The molecule has 0 saturated carbocycles. The molecule has 0 aliphatic carbocycles. The fraction of sp³-hybridized carbons (Fsp3) is 0.162. The number of anilines is 2. The molecule has 2 aliphatic rings. The van der Waals surface area contributed by atoms with Crippen LogP contribution in [0, 0.1) is 20.8 Å². The van der Waals surface area contributed by atoms with Crippen LogP contribution in [0.25, 0.3) is 11.0 Å². The average Bonchev–Trinajstić information content (AvgIpc) is 3.71. The standard InChI is InChI=1S/C37H26Cl2N4O4S2/c1-19-7-6-8-22(13-19)17-42-28-10-5-4-9-26(28)37(34(42)46)30-31(44)25-14-20(2)21(3)15-29(25)47-32(30)33(45)43(37)35-40-41-36(49-35)48-18-23-11-12-24(38)16-27(23)39/h4-16H,17-18H2,1-3H3. The number of rotatable bonds is 6. The van der Waals surface area contributed by atoms with E-state index >= 15 is 4.79 Å². The predicted octanol–water partition coefficient (Wildman–Crippen LogP) is 8.62. The highest BCUT2D eigenvalue weighted by Gasteiger charge is 2.66. The number of hydrogen-bond donors (Lipinski definition) is 0. The van der Waals surface area contributed by atoms with Crippen molar-refractivity contribution in [1.29, 1.82) is 0 Å². The van der Waals surface area contributed by atoms with Gasteiger partial charge >= 0.3 is 0 Å². The van der Waals surface area contributed by atoms with Gasteiger partial charge in [0.15, 0.2) is 15.3 Å². The molecule has 244 valence electrons. The Labute approximate surface area is 299 Å². The summed E-state index contributed by atoms with van der Waals surface area (Å²) in [7, 11) is 0. The molecule has 8 rings (SSSR count). The number of amides is 2. The Morgan fingerprint density at radius 1 is 0.898 bits per heavy atom. The van der Waals surface area contributed by atoms with Crippen LogP contribution < -0.4 is 15.2 Å². The number of carbonyl (C=O) groups is 2. The van der Waals surface area contributed by atoms with E-state index in [0.29, 0.717) is 36.8 Å². The van der Waals surface area contributed by atoms with Crippen LogP contribution in [-0.4, -0.2) is 22.0 Å². The summed E-state index contributed by atoms with van der Waals surface area (Å²) in [4.78, 5) is 47.5. The lowest BCUT2D eigenvalue weighted by Gasteiger charge is -2.32. The van der Waals surface area contributed by atoms with Crippen LogP contribution >= 0.6 is 46.3 Å². The Bertz CT molecular complexity index is 2440. The van der Waals surface area contributed by atoms with Crippen molar-refractivity contribution < 1.29 is 14.0 Å². The molecule has 1 spiro atoms. The fourth-order valence-electron chi connectivity index (χ4n) is 6.70. The second kappa shape index (κ2) is 11.8. The Kier molecular flexibility index (Phi) is 7.68. The van der Waals surface area contributed by atoms with Crippen molar-refractivity contribution in [3.8, 4) is 0 Å². The van der Waals surface area contributed by atoms with E-state index < -0.39 is 22.8 Å². The van der Waals surface area contributed by atoms with Gasteiger partial charge in [-0.3, -0.25) is 19.3 Å². The number of para-hydroxylation sites is 1. The molecule has 0 bridgehead atoms. The third-order valence-corrected chi connectivity index (χ3v) is 11.8. The zero-order valence-corrected chi connectivity index (χ0v) is 29.6. The van der Waals surface area contributed by atoms with E-state index in [2.05, 4.69) is 10.2 Å². The third-order valence-electron chi connectivity index (χ3n) is 9.12. The molecule has 2 aromatic heterocycles. The minimum atomic E-state index is -1.87. The monoisotopic (exact) mass is 724 g/mol. The smallest absolute Gasteiger partial charge is 0.297 e. The minimum absolute atomic E-state index is 0.0187. The molecule has 49 heavy (non-hydrogen) atoms. The molecule has 0 saturated heterocycles. The van der Waals surface area contributed by atoms with E-state index in [0.717, 1.165) is 39.2 Å². The summed E-state index contributed by atoms with van der Waals surface area (Å²) in [5.74, 6) is -0.796. The minimum Gasteiger partial charge on any atom is -0.450 e. The van der Waals surface area contributed by atoms with Crippen molar-refractivity contribution in [1.82, 2.24) is 10.2 Å². The largest absolute Gasteiger partial charge is 0.450 e. The van der Waals surface area contributed by atoms with Gasteiger partial charge < -0.3 is 9.32 Å². The maximum absolute atomic E-state index is 15.2. The van der Waals surface area contributed by atoms with Crippen molar-refractivity contribution in [3.63, 3.8) is 0 Å². The summed E-state index contributed by atoms with van der Waals surface area (Å²) < 4.78 is 6.85. The number of fused-ring (bicyclic) bond motifs is 5. The lowest BCUT2D eigenvalue weighted by molar-refractivity contribution is -0.121. The zero-order chi connectivity index (χ0) is 34.2. The number of nitrogens with zero attached hydrogens (tertiary/aromatic N) is 4. The maximum atomic E-state index is 15.2. The third kappa shape index (κ3) is 4.92. The van der Waals surface area contributed by atoms with Gasteiger partial charge in [0.2, 0.25) is 10.9 Å². The van der Waals surface area contributed by atoms with Crippen molar-refractivity contribution in [2.45, 2.75) is 42.9 Å². The SMILES string of the molecule is Cc1cccc(CN2C(=O)C3(c4ccccc42)c2c(oc4cc(C)c(C)cc4c2=O)C(=O)N3c2nnc(SCc3ccc(Cl)cc3Cl)s2)c1. The van der Waals surface area contributed by atoms with E-state index in [1.807, 2.05) is 63.2 Å². The first-order valence-electron chi connectivity index (χ1n) is 15.4. The van der Waals surface area contributed by atoms with E-state index in [9.17, 15) is 9.59 Å². The topological polar surface area (TPSA) is 96.6 Å². The summed E-state index contributed by atoms with van der Waals surface area (Å²) in [6, 6.07) is 24.0. The van der Waals surface area contributed by atoms with Crippen LogP contribution in [0.4, 0.5) is 10.8 Å².